The lowest BCUT2D eigenvalue weighted by atomic mass is 10.3. The highest BCUT2D eigenvalue weighted by Gasteiger charge is 1.99. The molecule has 0 spiro atoms. The van der Waals surface area contributed by atoms with Crippen LogP contribution < -0.4 is 10.1 Å². The highest BCUT2D eigenvalue weighted by atomic mass is 32.1. The Kier molecular flexibility index (Phi) is 4.53. The molecule has 0 aromatic carbocycles. The normalized spacial score (nSPS) is 10.4. The number of pyridine rings is 1. The summed E-state index contributed by atoms with van der Waals surface area (Å²) in [6, 6.07) is 10.0. The molecule has 17 heavy (non-hydrogen) atoms. The first-order valence-electron chi connectivity index (χ1n) is 5.64. The van der Waals surface area contributed by atoms with Crippen molar-refractivity contribution < 1.29 is 4.74 Å². The maximum atomic E-state index is 5.63. The van der Waals surface area contributed by atoms with Crippen molar-refractivity contribution in [1.82, 2.24) is 10.3 Å². The molecule has 0 atom stereocenters. The number of thiophene rings is 1. The first-order chi connectivity index (χ1) is 8.38. The van der Waals surface area contributed by atoms with Crippen molar-refractivity contribution >= 4 is 11.3 Å². The number of ether oxygens (including phenoxy) is 1. The molecule has 90 valence electrons. The summed E-state index contributed by atoms with van der Waals surface area (Å²) in [7, 11) is 1.91. The number of hydrogen-bond acceptors (Lipinski definition) is 4. The summed E-state index contributed by atoms with van der Waals surface area (Å²) >= 11 is 1.76. The third-order valence-electron chi connectivity index (χ3n) is 2.32. The second-order valence-electron chi connectivity index (χ2n) is 3.68. The molecule has 0 saturated carbocycles. The first kappa shape index (κ1) is 12.1. The van der Waals surface area contributed by atoms with E-state index in [1.165, 1.54) is 4.88 Å². The monoisotopic (exact) mass is 248 g/mol. The zero-order valence-corrected chi connectivity index (χ0v) is 10.7. The standard InChI is InChI=1S/C13H16N2OS/c1-14-10-11-4-2-6-13(15-11)16-8-7-12-5-3-9-17-12/h2-6,9,14H,7-8,10H2,1H3. The van der Waals surface area contributed by atoms with E-state index in [1.807, 2.05) is 25.2 Å². The second kappa shape index (κ2) is 6.37. The molecule has 0 radical (unpaired) electrons. The van der Waals surface area contributed by atoms with Crippen molar-refractivity contribution in [3.05, 3.63) is 46.3 Å². The van der Waals surface area contributed by atoms with Gasteiger partial charge in [-0.05, 0) is 24.6 Å². The van der Waals surface area contributed by atoms with Gasteiger partial charge in [0.05, 0.1) is 12.3 Å². The average molecular weight is 248 g/mol. The van der Waals surface area contributed by atoms with Gasteiger partial charge in [0.1, 0.15) is 0 Å². The van der Waals surface area contributed by atoms with E-state index < -0.39 is 0 Å². The quantitative estimate of drug-likeness (QED) is 0.853. The molecule has 3 nitrogen and oxygen atoms in total. The Bertz CT molecular complexity index is 442. The molecular weight excluding hydrogens is 232 g/mol. The zero-order valence-electron chi connectivity index (χ0n) is 9.85. The van der Waals surface area contributed by atoms with E-state index in [-0.39, 0.29) is 0 Å². The number of hydrogen-bond donors (Lipinski definition) is 1. The molecule has 0 aliphatic heterocycles. The fourth-order valence-electron chi connectivity index (χ4n) is 1.53. The van der Waals surface area contributed by atoms with Gasteiger partial charge < -0.3 is 10.1 Å². The molecule has 1 N–H and O–H groups in total. The van der Waals surface area contributed by atoms with Gasteiger partial charge in [-0.2, -0.15) is 0 Å². The zero-order chi connectivity index (χ0) is 11.9. The second-order valence-corrected chi connectivity index (χ2v) is 4.71. The van der Waals surface area contributed by atoms with Crippen molar-refractivity contribution in [3.63, 3.8) is 0 Å². The number of nitrogens with one attached hydrogen (secondary N) is 1. The first-order valence-corrected chi connectivity index (χ1v) is 6.52. The Morgan fingerprint density at radius 1 is 1.29 bits per heavy atom. The Hall–Kier alpha value is -1.39. The minimum Gasteiger partial charge on any atom is -0.477 e. The Morgan fingerprint density at radius 2 is 2.24 bits per heavy atom. The lowest BCUT2D eigenvalue weighted by Gasteiger charge is -2.06. The Balaban J connectivity index is 1.84. The summed E-state index contributed by atoms with van der Waals surface area (Å²) in [5.74, 6) is 0.703. The lowest BCUT2D eigenvalue weighted by Crippen LogP contribution is -2.08. The van der Waals surface area contributed by atoms with Gasteiger partial charge in [-0.3, -0.25) is 0 Å². The van der Waals surface area contributed by atoms with Crippen LogP contribution in [0.3, 0.4) is 0 Å². The SMILES string of the molecule is CNCc1cccc(OCCc2cccs2)n1. The van der Waals surface area contributed by atoms with Gasteiger partial charge in [0.15, 0.2) is 0 Å². The molecule has 2 aromatic rings. The topological polar surface area (TPSA) is 34.1 Å². The molecule has 0 saturated heterocycles. The van der Waals surface area contributed by atoms with Crippen LogP contribution in [0.2, 0.25) is 0 Å². The Labute approximate surface area is 105 Å². The molecule has 2 heterocycles. The fraction of sp³-hybridized carbons (Fsp3) is 0.308. The molecule has 2 aromatic heterocycles. The molecule has 4 heteroatoms. The summed E-state index contributed by atoms with van der Waals surface area (Å²) in [4.78, 5) is 5.74. The molecule has 0 aliphatic rings. The number of nitrogens with zero attached hydrogens (tertiary/aromatic N) is 1. The summed E-state index contributed by atoms with van der Waals surface area (Å²) in [6.45, 7) is 1.44. The van der Waals surface area contributed by atoms with E-state index in [9.17, 15) is 0 Å². The van der Waals surface area contributed by atoms with Crippen LogP contribution in [0.5, 0.6) is 5.88 Å². The minimum absolute atomic E-state index is 0.677. The van der Waals surface area contributed by atoms with Crippen LogP contribution in [0, 0.1) is 0 Å². The van der Waals surface area contributed by atoms with E-state index in [0.717, 1.165) is 18.7 Å². The largest absolute Gasteiger partial charge is 0.477 e. The molecule has 0 bridgehead atoms. The fourth-order valence-corrected chi connectivity index (χ4v) is 2.22. The van der Waals surface area contributed by atoms with Gasteiger partial charge >= 0.3 is 0 Å². The van der Waals surface area contributed by atoms with Crippen LogP contribution in [0.1, 0.15) is 10.6 Å². The van der Waals surface area contributed by atoms with Crippen LogP contribution in [-0.4, -0.2) is 18.6 Å². The summed E-state index contributed by atoms with van der Waals surface area (Å²) in [5, 5.41) is 5.16. The van der Waals surface area contributed by atoms with Crippen molar-refractivity contribution in [2.45, 2.75) is 13.0 Å². The van der Waals surface area contributed by atoms with Gasteiger partial charge in [-0.25, -0.2) is 4.98 Å². The summed E-state index contributed by atoms with van der Waals surface area (Å²) in [5.41, 5.74) is 1.00. The molecule has 2 rings (SSSR count). The number of rotatable bonds is 6. The molecule has 0 unspecified atom stereocenters. The van der Waals surface area contributed by atoms with E-state index in [0.29, 0.717) is 12.5 Å². The highest BCUT2D eigenvalue weighted by Crippen LogP contribution is 2.11. The maximum Gasteiger partial charge on any atom is 0.213 e. The van der Waals surface area contributed by atoms with Gasteiger partial charge in [-0.15, -0.1) is 11.3 Å². The van der Waals surface area contributed by atoms with Crippen molar-refractivity contribution in [2.75, 3.05) is 13.7 Å². The Morgan fingerprint density at radius 3 is 3.00 bits per heavy atom. The van der Waals surface area contributed by atoms with Crippen LogP contribution in [0.15, 0.2) is 35.7 Å². The summed E-state index contributed by atoms with van der Waals surface area (Å²) < 4.78 is 5.63. The lowest BCUT2D eigenvalue weighted by molar-refractivity contribution is 0.309. The molecule has 0 aliphatic carbocycles. The molecular formula is C13H16N2OS. The smallest absolute Gasteiger partial charge is 0.213 e. The van der Waals surface area contributed by atoms with Gasteiger partial charge in [0, 0.05) is 23.9 Å². The maximum absolute atomic E-state index is 5.63. The van der Waals surface area contributed by atoms with Crippen LogP contribution in [0.25, 0.3) is 0 Å². The van der Waals surface area contributed by atoms with Crippen molar-refractivity contribution in [2.24, 2.45) is 0 Å². The predicted octanol–water partition coefficient (Wildman–Crippen LogP) is 2.48. The predicted molar refractivity (Wildman–Crippen MR) is 70.5 cm³/mol. The third kappa shape index (κ3) is 3.84. The highest BCUT2D eigenvalue weighted by molar-refractivity contribution is 7.09. The van der Waals surface area contributed by atoms with Crippen molar-refractivity contribution in [1.29, 1.82) is 0 Å². The average Bonchev–Trinajstić information content (AvgIpc) is 2.83. The molecule has 0 fully saturated rings. The van der Waals surface area contributed by atoms with Gasteiger partial charge in [0.2, 0.25) is 5.88 Å². The molecule has 0 amide bonds. The van der Waals surface area contributed by atoms with E-state index in [4.69, 9.17) is 4.74 Å². The van der Waals surface area contributed by atoms with Crippen LogP contribution in [-0.2, 0) is 13.0 Å². The van der Waals surface area contributed by atoms with Crippen LogP contribution in [0.4, 0.5) is 0 Å². The minimum atomic E-state index is 0.677. The van der Waals surface area contributed by atoms with Crippen LogP contribution >= 0.6 is 11.3 Å². The van der Waals surface area contributed by atoms with E-state index >= 15 is 0 Å². The van der Waals surface area contributed by atoms with Gasteiger partial charge in [0.25, 0.3) is 0 Å². The van der Waals surface area contributed by atoms with Crippen molar-refractivity contribution in [3.8, 4) is 5.88 Å². The van der Waals surface area contributed by atoms with E-state index in [2.05, 4.69) is 27.8 Å². The third-order valence-corrected chi connectivity index (χ3v) is 3.25. The summed E-state index contributed by atoms with van der Waals surface area (Å²) in [6.07, 6.45) is 0.940. The van der Waals surface area contributed by atoms with E-state index in [1.54, 1.807) is 11.3 Å². The number of aromatic nitrogens is 1. The van der Waals surface area contributed by atoms with Gasteiger partial charge in [-0.1, -0.05) is 12.1 Å².